The third-order valence-corrected chi connectivity index (χ3v) is 5.70. The molecule has 164 valence electrons. The highest BCUT2D eigenvalue weighted by molar-refractivity contribution is 6.33. The van der Waals surface area contributed by atoms with Crippen molar-refractivity contribution in [3.8, 4) is 11.8 Å². The topological polar surface area (TPSA) is 118 Å². The lowest BCUT2D eigenvalue weighted by Gasteiger charge is -2.36. The van der Waals surface area contributed by atoms with E-state index in [1.807, 2.05) is 12.1 Å². The number of rotatable bonds is 4. The van der Waals surface area contributed by atoms with Crippen LogP contribution in [0.2, 0.25) is 5.02 Å². The predicted octanol–water partition coefficient (Wildman–Crippen LogP) is 2.93. The molecule has 1 saturated heterocycles. The lowest BCUT2D eigenvalue weighted by Crippen LogP contribution is -2.48. The smallest absolute Gasteiger partial charge is 0.357 e. The summed E-state index contributed by atoms with van der Waals surface area (Å²) in [5, 5.41) is 9.75. The summed E-state index contributed by atoms with van der Waals surface area (Å²) in [7, 11) is 1.25. The number of furan rings is 1. The minimum absolute atomic E-state index is 0.0527. The Morgan fingerprint density at radius 3 is 2.56 bits per heavy atom. The molecule has 0 spiro atoms. The van der Waals surface area contributed by atoms with Gasteiger partial charge in [-0.25, -0.2) is 4.79 Å². The van der Waals surface area contributed by atoms with Crippen LogP contribution in [-0.4, -0.2) is 54.6 Å². The monoisotopic (exact) mass is 453 g/mol. The average molecular weight is 454 g/mol. The SMILES string of the molecule is COC(=O)c1c(N)c(C#N)cn1-c1ccc(N2CCN(C(=O)c3ccco3)CC2)c(Cl)c1. The van der Waals surface area contributed by atoms with E-state index in [2.05, 4.69) is 4.90 Å². The van der Waals surface area contributed by atoms with Crippen molar-refractivity contribution in [2.24, 2.45) is 0 Å². The first-order valence-corrected chi connectivity index (χ1v) is 10.2. The van der Waals surface area contributed by atoms with Gasteiger partial charge in [0.25, 0.3) is 5.91 Å². The lowest BCUT2D eigenvalue weighted by atomic mass is 10.2. The van der Waals surface area contributed by atoms with E-state index in [-0.39, 0.29) is 22.9 Å². The summed E-state index contributed by atoms with van der Waals surface area (Å²) in [5.74, 6) is -0.462. The van der Waals surface area contributed by atoms with Crippen LogP contribution >= 0.6 is 11.6 Å². The zero-order valence-corrected chi connectivity index (χ0v) is 18.0. The molecule has 32 heavy (non-hydrogen) atoms. The van der Waals surface area contributed by atoms with Gasteiger partial charge in [0.05, 0.1) is 35.3 Å². The molecule has 2 N–H and O–H groups in total. The van der Waals surface area contributed by atoms with Gasteiger partial charge in [0.1, 0.15) is 6.07 Å². The zero-order chi connectivity index (χ0) is 22.8. The number of nitriles is 1. The van der Waals surface area contributed by atoms with Crippen LogP contribution in [-0.2, 0) is 4.74 Å². The maximum Gasteiger partial charge on any atom is 0.357 e. The number of anilines is 2. The largest absolute Gasteiger partial charge is 0.464 e. The Morgan fingerprint density at radius 2 is 1.97 bits per heavy atom. The Hall–Kier alpha value is -3.90. The first-order valence-electron chi connectivity index (χ1n) is 9.81. The number of nitrogens with two attached hydrogens (primary N) is 1. The molecular formula is C22H20ClN5O4. The lowest BCUT2D eigenvalue weighted by molar-refractivity contribution is 0.0592. The van der Waals surface area contributed by atoms with Crippen molar-refractivity contribution in [1.29, 1.82) is 5.26 Å². The number of hydrogen-bond acceptors (Lipinski definition) is 7. The maximum atomic E-state index is 12.5. The Morgan fingerprint density at radius 1 is 1.22 bits per heavy atom. The third-order valence-electron chi connectivity index (χ3n) is 5.39. The molecule has 4 rings (SSSR count). The highest BCUT2D eigenvalue weighted by atomic mass is 35.5. The summed E-state index contributed by atoms with van der Waals surface area (Å²) in [6.07, 6.45) is 2.96. The minimum Gasteiger partial charge on any atom is -0.464 e. The van der Waals surface area contributed by atoms with Gasteiger partial charge in [-0.05, 0) is 30.3 Å². The normalized spacial score (nSPS) is 13.7. The zero-order valence-electron chi connectivity index (χ0n) is 17.2. The molecule has 1 fully saturated rings. The van der Waals surface area contributed by atoms with Gasteiger partial charge in [-0.15, -0.1) is 0 Å². The summed E-state index contributed by atoms with van der Waals surface area (Å²) >= 11 is 6.58. The second-order valence-corrected chi connectivity index (χ2v) is 7.58. The first-order chi connectivity index (χ1) is 15.4. The van der Waals surface area contributed by atoms with Gasteiger partial charge >= 0.3 is 5.97 Å². The van der Waals surface area contributed by atoms with Crippen LogP contribution in [0.25, 0.3) is 5.69 Å². The van der Waals surface area contributed by atoms with Crippen molar-refractivity contribution in [1.82, 2.24) is 9.47 Å². The number of hydrogen-bond donors (Lipinski definition) is 1. The van der Waals surface area contributed by atoms with E-state index >= 15 is 0 Å². The number of esters is 1. The number of carbonyl (C=O) groups excluding carboxylic acids is 2. The van der Waals surface area contributed by atoms with E-state index < -0.39 is 5.97 Å². The Balaban J connectivity index is 1.55. The fourth-order valence-corrected chi connectivity index (χ4v) is 4.02. The second-order valence-electron chi connectivity index (χ2n) is 7.17. The number of halogens is 1. The minimum atomic E-state index is -0.651. The van der Waals surface area contributed by atoms with Crippen molar-refractivity contribution in [3.05, 3.63) is 64.8 Å². The second kappa shape index (κ2) is 8.69. The quantitative estimate of drug-likeness (QED) is 0.603. The number of piperazine rings is 1. The summed E-state index contributed by atoms with van der Waals surface area (Å²) in [5.41, 5.74) is 7.63. The molecule has 1 aliphatic heterocycles. The molecule has 0 atom stereocenters. The summed E-state index contributed by atoms with van der Waals surface area (Å²) in [6.45, 7) is 2.27. The number of aromatic nitrogens is 1. The summed E-state index contributed by atoms with van der Waals surface area (Å²) in [6, 6.07) is 10.6. The molecule has 0 radical (unpaired) electrons. The van der Waals surface area contributed by atoms with E-state index in [4.69, 9.17) is 26.5 Å². The number of nitrogen functional groups attached to an aromatic ring is 1. The molecule has 3 aromatic rings. The molecule has 0 aliphatic carbocycles. The van der Waals surface area contributed by atoms with Crippen molar-refractivity contribution in [2.75, 3.05) is 43.9 Å². The standard InChI is InChI=1S/C22H20ClN5O4/c1-31-22(30)20-19(25)14(12-24)13-28(20)15-4-5-17(16(23)11-15)26-6-8-27(9-7-26)21(29)18-3-2-10-32-18/h2-5,10-11,13H,6-9,25H2,1H3. The van der Waals surface area contributed by atoms with Gasteiger partial charge in [0.2, 0.25) is 0 Å². The van der Waals surface area contributed by atoms with E-state index in [0.717, 1.165) is 5.69 Å². The Kier molecular flexibility index (Phi) is 5.79. The number of amides is 1. The van der Waals surface area contributed by atoms with Crippen LogP contribution < -0.4 is 10.6 Å². The van der Waals surface area contributed by atoms with Crippen LogP contribution in [0.15, 0.2) is 47.2 Å². The molecule has 3 heterocycles. The van der Waals surface area contributed by atoms with Crippen molar-refractivity contribution >= 4 is 34.9 Å². The van der Waals surface area contributed by atoms with Crippen LogP contribution in [0.5, 0.6) is 0 Å². The van der Waals surface area contributed by atoms with E-state index in [0.29, 0.717) is 42.6 Å². The van der Waals surface area contributed by atoms with Gasteiger partial charge in [-0.2, -0.15) is 5.26 Å². The predicted molar refractivity (Wildman–Crippen MR) is 118 cm³/mol. The van der Waals surface area contributed by atoms with Crippen LogP contribution in [0.1, 0.15) is 26.6 Å². The van der Waals surface area contributed by atoms with Crippen LogP contribution in [0, 0.1) is 11.3 Å². The van der Waals surface area contributed by atoms with Gasteiger partial charge in [0.15, 0.2) is 11.5 Å². The number of methoxy groups -OCH3 is 1. The molecule has 1 aromatic carbocycles. The fraction of sp³-hybridized carbons (Fsp3) is 0.227. The molecule has 9 nitrogen and oxygen atoms in total. The van der Waals surface area contributed by atoms with Crippen molar-refractivity contribution < 1.29 is 18.7 Å². The Labute approximate surface area is 189 Å². The maximum absolute atomic E-state index is 12.5. The average Bonchev–Trinajstić information content (AvgIpc) is 3.46. The molecule has 10 heteroatoms. The number of nitrogens with zero attached hydrogens (tertiary/aromatic N) is 4. The summed E-state index contributed by atoms with van der Waals surface area (Å²) in [4.78, 5) is 28.5. The Bertz CT molecular complexity index is 1200. The van der Waals surface area contributed by atoms with Crippen LogP contribution in [0.3, 0.4) is 0 Å². The van der Waals surface area contributed by atoms with Gasteiger partial charge in [0, 0.05) is 38.1 Å². The van der Waals surface area contributed by atoms with E-state index in [1.165, 1.54) is 24.1 Å². The van der Waals surface area contributed by atoms with Crippen LogP contribution in [0.4, 0.5) is 11.4 Å². The molecule has 0 saturated carbocycles. The fourth-order valence-electron chi connectivity index (χ4n) is 3.73. The van der Waals surface area contributed by atoms with Gasteiger partial charge in [-0.1, -0.05) is 11.6 Å². The molecule has 0 unspecified atom stereocenters. The molecular weight excluding hydrogens is 434 g/mol. The number of ether oxygens (including phenoxy) is 1. The summed E-state index contributed by atoms with van der Waals surface area (Å²) < 4.78 is 11.5. The van der Waals surface area contributed by atoms with E-state index in [9.17, 15) is 14.9 Å². The van der Waals surface area contributed by atoms with Crippen molar-refractivity contribution in [3.63, 3.8) is 0 Å². The van der Waals surface area contributed by atoms with Crippen molar-refractivity contribution in [2.45, 2.75) is 0 Å². The molecule has 1 amide bonds. The van der Waals surface area contributed by atoms with E-state index in [1.54, 1.807) is 29.2 Å². The van der Waals surface area contributed by atoms with Gasteiger partial charge < -0.3 is 29.3 Å². The number of carbonyl (C=O) groups is 2. The highest BCUT2D eigenvalue weighted by Gasteiger charge is 2.26. The number of benzene rings is 1. The first kappa shape index (κ1) is 21.3. The molecule has 2 aromatic heterocycles. The van der Waals surface area contributed by atoms with Gasteiger partial charge in [-0.3, -0.25) is 4.79 Å². The molecule has 0 bridgehead atoms. The molecule has 1 aliphatic rings. The highest BCUT2D eigenvalue weighted by Crippen LogP contribution is 2.32. The third kappa shape index (κ3) is 3.76.